The molecule has 1 unspecified atom stereocenters. The molecule has 1 N–H and O–H groups in total. The summed E-state index contributed by atoms with van der Waals surface area (Å²) in [5.74, 6) is 0. The van der Waals surface area contributed by atoms with Gasteiger partial charge in [0.25, 0.3) is 0 Å². The maximum absolute atomic E-state index is 9.53. The number of thiophene rings is 1. The van der Waals surface area contributed by atoms with Gasteiger partial charge < -0.3 is 9.94 Å². The molecule has 3 nitrogen and oxygen atoms in total. The molecule has 0 spiro atoms. The molecule has 0 saturated heterocycles. The van der Waals surface area contributed by atoms with Crippen LogP contribution in [0.15, 0.2) is 16.6 Å². The van der Waals surface area contributed by atoms with Gasteiger partial charge in [0.05, 0.1) is 4.88 Å². The molecular formula is C8H9NO2S. The molecule has 0 saturated carbocycles. The molecule has 0 radical (unpaired) electrons. The van der Waals surface area contributed by atoms with Crippen LogP contribution in [0.3, 0.4) is 0 Å². The molecule has 2 rings (SSSR count). The average Bonchev–Trinajstić information content (AvgIpc) is 2.56. The second-order valence-corrected chi connectivity index (χ2v) is 3.57. The van der Waals surface area contributed by atoms with Crippen molar-refractivity contribution in [3.63, 3.8) is 0 Å². The number of aliphatic hydroxyl groups excluding tert-OH is 1. The molecule has 0 aliphatic heterocycles. The summed E-state index contributed by atoms with van der Waals surface area (Å²) in [7, 11) is 1.49. The highest BCUT2D eigenvalue weighted by molar-refractivity contribution is 7.12. The molecule has 1 atom stereocenters. The minimum Gasteiger partial charge on any atom is -0.399 e. The minimum absolute atomic E-state index is 0.479. The zero-order valence-electron chi connectivity index (χ0n) is 6.65. The molecule has 4 heteroatoms. The Morgan fingerprint density at radius 3 is 3.33 bits per heavy atom. The first-order valence-electron chi connectivity index (χ1n) is 3.68. The maximum atomic E-state index is 9.53. The Hall–Kier alpha value is -0.870. The van der Waals surface area contributed by atoms with Crippen molar-refractivity contribution in [2.75, 3.05) is 7.11 Å². The van der Waals surface area contributed by atoms with E-state index < -0.39 is 6.10 Å². The Morgan fingerprint density at radius 2 is 2.58 bits per heavy atom. The van der Waals surface area contributed by atoms with Gasteiger partial charge in [0.2, 0.25) is 0 Å². The summed E-state index contributed by atoms with van der Waals surface area (Å²) in [4.78, 5) is 5.72. The lowest BCUT2D eigenvalue weighted by Gasteiger charge is -2.00. The van der Waals surface area contributed by atoms with Gasteiger partial charge in [-0.1, -0.05) is 5.16 Å². The summed E-state index contributed by atoms with van der Waals surface area (Å²) in [5, 5.41) is 15.3. The van der Waals surface area contributed by atoms with Crippen LogP contribution in [0, 0.1) is 0 Å². The van der Waals surface area contributed by atoms with Gasteiger partial charge in [-0.05, 0) is 17.0 Å². The van der Waals surface area contributed by atoms with Gasteiger partial charge in [0.1, 0.15) is 18.9 Å². The smallest absolute Gasteiger partial charge is 0.126 e. The fourth-order valence-corrected chi connectivity index (χ4v) is 2.34. The van der Waals surface area contributed by atoms with Gasteiger partial charge >= 0.3 is 0 Å². The van der Waals surface area contributed by atoms with Crippen LogP contribution >= 0.6 is 11.3 Å². The summed E-state index contributed by atoms with van der Waals surface area (Å²) in [6.45, 7) is 0. The molecule has 64 valence electrons. The van der Waals surface area contributed by atoms with E-state index in [0.29, 0.717) is 12.1 Å². The summed E-state index contributed by atoms with van der Waals surface area (Å²) >= 11 is 1.59. The second kappa shape index (κ2) is 2.88. The number of aliphatic hydroxyl groups is 1. The summed E-state index contributed by atoms with van der Waals surface area (Å²) in [5.41, 5.74) is 1.84. The lowest BCUT2D eigenvalue weighted by Crippen LogP contribution is -2.15. The third-order valence-electron chi connectivity index (χ3n) is 1.90. The highest BCUT2D eigenvalue weighted by Gasteiger charge is 2.28. The standard InChI is InChI=1S/C8H9NO2S/c1-11-9-7-6(10)4-5-2-3-12-8(5)7/h2-3,6,10H,4H2,1H3/b9-7-. The quantitative estimate of drug-likeness (QED) is 0.660. The first-order chi connectivity index (χ1) is 5.83. The van der Waals surface area contributed by atoms with Crippen molar-refractivity contribution in [3.8, 4) is 0 Å². The van der Waals surface area contributed by atoms with Crippen LogP contribution in [0.2, 0.25) is 0 Å². The van der Waals surface area contributed by atoms with E-state index in [2.05, 4.69) is 9.99 Å². The lowest BCUT2D eigenvalue weighted by molar-refractivity contribution is 0.198. The lowest BCUT2D eigenvalue weighted by atomic mass is 10.2. The SMILES string of the molecule is CO/N=C1\c2sccc2CC1O. The number of rotatable bonds is 1. The molecule has 12 heavy (non-hydrogen) atoms. The number of fused-ring (bicyclic) bond motifs is 1. The Balaban J connectivity index is 2.42. The molecule has 1 aliphatic carbocycles. The number of nitrogens with zero attached hydrogens (tertiary/aromatic N) is 1. The van der Waals surface area contributed by atoms with Gasteiger partial charge in [-0.3, -0.25) is 0 Å². The van der Waals surface area contributed by atoms with Crippen molar-refractivity contribution in [1.82, 2.24) is 0 Å². The van der Waals surface area contributed by atoms with Crippen molar-refractivity contribution >= 4 is 17.0 Å². The highest BCUT2D eigenvalue weighted by atomic mass is 32.1. The van der Waals surface area contributed by atoms with E-state index in [-0.39, 0.29) is 0 Å². The third-order valence-corrected chi connectivity index (χ3v) is 2.88. The van der Waals surface area contributed by atoms with Crippen LogP contribution < -0.4 is 0 Å². The normalized spacial score (nSPS) is 24.5. The number of hydrogen-bond donors (Lipinski definition) is 1. The maximum Gasteiger partial charge on any atom is 0.126 e. The van der Waals surface area contributed by atoms with Gasteiger partial charge in [-0.2, -0.15) is 0 Å². The zero-order valence-corrected chi connectivity index (χ0v) is 7.47. The molecule has 1 aliphatic rings. The van der Waals surface area contributed by atoms with E-state index >= 15 is 0 Å². The van der Waals surface area contributed by atoms with Crippen molar-refractivity contribution in [2.45, 2.75) is 12.5 Å². The molecule has 1 aromatic heterocycles. The van der Waals surface area contributed by atoms with E-state index in [4.69, 9.17) is 0 Å². The van der Waals surface area contributed by atoms with Crippen molar-refractivity contribution in [3.05, 3.63) is 21.9 Å². The van der Waals surface area contributed by atoms with Crippen LogP contribution in [0.25, 0.3) is 0 Å². The summed E-state index contributed by atoms with van der Waals surface area (Å²) < 4.78 is 0. The summed E-state index contributed by atoms with van der Waals surface area (Å²) in [6.07, 6.45) is 0.188. The van der Waals surface area contributed by atoms with Crippen molar-refractivity contribution in [2.24, 2.45) is 5.16 Å². The molecule has 1 heterocycles. The zero-order chi connectivity index (χ0) is 8.55. The molecular weight excluding hydrogens is 174 g/mol. The van der Waals surface area contributed by atoms with E-state index in [1.54, 1.807) is 11.3 Å². The summed E-state index contributed by atoms with van der Waals surface area (Å²) in [6, 6.07) is 2.02. The third kappa shape index (κ3) is 1.04. The van der Waals surface area contributed by atoms with Crippen LogP contribution in [0.5, 0.6) is 0 Å². The molecule has 1 aromatic rings. The van der Waals surface area contributed by atoms with Crippen LogP contribution in [-0.2, 0) is 11.3 Å². The Kier molecular flexibility index (Phi) is 1.86. The molecule has 0 bridgehead atoms. The Labute approximate surface area is 74.3 Å². The van der Waals surface area contributed by atoms with E-state index in [0.717, 1.165) is 4.88 Å². The highest BCUT2D eigenvalue weighted by Crippen LogP contribution is 2.27. The first kappa shape index (κ1) is 7.76. The van der Waals surface area contributed by atoms with Gasteiger partial charge in [-0.15, -0.1) is 11.3 Å². The van der Waals surface area contributed by atoms with E-state index in [1.165, 1.54) is 12.7 Å². The fraction of sp³-hybridized carbons (Fsp3) is 0.375. The van der Waals surface area contributed by atoms with Crippen molar-refractivity contribution in [1.29, 1.82) is 0 Å². The molecule has 0 aromatic carbocycles. The van der Waals surface area contributed by atoms with Gasteiger partial charge in [-0.25, -0.2) is 0 Å². The van der Waals surface area contributed by atoms with Crippen LogP contribution in [-0.4, -0.2) is 24.0 Å². The number of oxime groups is 1. The average molecular weight is 183 g/mol. The minimum atomic E-state index is -0.479. The number of hydrogen-bond acceptors (Lipinski definition) is 4. The topological polar surface area (TPSA) is 41.8 Å². The largest absolute Gasteiger partial charge is 0.399 e. The van der Waals surface area contributed by atoms with Crippen LogP contribution in [0.1, 0.15) is 10.4 Å². The van der Waals surface area contributed by atoms with E-state index in [9.17, 15) is 5.11 Å². The predicted molar refractivity (Wildman–Crippen MR) is 47.6 cm³/mol. The van der Waals surface area contributed by atoms with Crippen LogP contribution in [0.4, 0.5) is 0 Å². The van der Waals surface area contributed by atoms with E-state index in [1.807, 2.05) is 11.4 Å². The second-order valence-electron chi connectivity index (χ2n) is 2.65. The monoisotopic (exact) mass is 183 g/mol. The van der Waals surface area contributed by atoms with Crippen molar-refractivity contribution < 1.29 is 9.94 Å². The molecule has 0 fully saturated rings. The predicted octanol–water partition coefficient (Wildman–Crippen LogP) is 1.02. The first-order valence-corrected chi connectivity index (χ1v) is 4.56. The van der Waals surface area contributed by atoms with Gasteiger partial charge in [0, 0.05) is 6.42 Å². The molecule has 0 amide bonds. The van der Waals surface area contributed by atoms with Gasteiger partial charge in [0.15, 0.2) is 0 Å². The Morgan fingerprint density at radius 1 is 1.75 bits per heavy atom. The fourth-order valence-electron chi connectivity index (χ4n) is 1.38. The Bertz CT molecular complexity index is 319.